The van der Waals surface area contributed by atoms with Crippen LogP contribution in [0.5, 0.6) is 0 Å². The van der Waals surface area contributed by atoms with Gasteiger partial charge in [0.05, 0.1) is 17.3 Å². The normalized spacial score (nSPS) is 12.7. The molecule has 2 heterocycles. The summed E-state index contributed by atoms with van der Waals surface area (Å²) in [6.45, 7) is 4.48. The van der Waals surface area contributed by atoms with Crippen molar-refractivity contribution < 1.29 is 0 Å². The van der Waals surface area contributed by atoms with Crippen molar-refractivity contribution in [2.45, 2.75) is 19.3 Å². The van der Waals surface area contributed by atoms with E-state index in [-0.39, 0.29) is 5.41 Å². The molecule has 0 saturated carbocycles. The number of fused-ring (bicyclic) bond motifs is 6. The maximum atomic E-state index is 9.67. The Morgan fingerprint density at radius 3 is 1.87 bits per heavy atom. The van der Waals surface area contributed by atoms with Crippen molar-refractivity contribution in [3.8, 4) is 73.7 Å². The van der Waals surface area contributed by atoms with Crippen molar-refractivity contribution in [3.05, 3.63) is 181 Å². The van der Waals surface area contributed by atoms with E-state index in [1.807, 2.05) is 66.9 Å². The summed E-state index contributed by atoms with van der Waals surface area (Å²) in [7, 11) is 0. The third kappa shape index (κ3) is 5.47. The number of aromatic nitrogens is 4. The average molecular weight is 704 g/mol. The summed E-state index contributed by atoms with van der Waals surface area (Å²) in [5.74, 6) is 1.80. The Balaban J connectivity index is 1.20. The van der Waals surface area contributed by atoms with Crippen molar-refractivity contribution in [1.82, 2.24) is 19.9 Å². The maximum absolute atomic E-state index is 9.67. The number of nitrogens with zero attached hydrogens (tertiary/aromatic N) is 5. The van der Waals surface area contributed by atoms with Crippen LogP contribution in [-0.2, 0) is 5.41 Å². The third-order valence-corrected chi connectivity index (χ3v) is 11.0. The van der Waals surface area contributed by atoms with Gasteiger partial charge in [0.1, 0.15) is 0 Å². The number of hydrogen-bond donors (Lipinski definition) is 0. The third-order valence-electron chi connectivity index (χ3n) is 11.0. The lowest BCUT2D eigenvalue weighted by molar-refractivity contribution is 0.660. The minimum absolute atomic E-state index is 0.273. The largest absolute Gasteiger partial charge is 0.256 e. The average Bonchev–Trinajstić information content (AvgIpc) is 3.48. The molecule has 5 heteroatoms. The molecule has 0 aliphatic heterocycles. The van der Waals surface area contributed by atoms with Crippen molar-refractivity contribution in [2.24, 2.45) is 0 Å². The second-order valence-electron chi connectivity index (χ2n) is 14.6. The monoisotopic (exact) mass is 703 g/mol. The van der Waals surface area contributed by atoms with Crippen LogP contribution in [0.3, 0.4) is 0 Å². The van der Waals surface area contributed by atoms with Gasteiger partial charge in [-0.2, -0.15) is 5.26 Å². The van der Waals surface area contributed by atoms with Gasteiger partial charge in [-0.25, -0.2) is 15.0 Å². The molecule has 0 unspecified atom stereocenters. The van der Waals surface area contributed by atoms with Crippen LogP contribution in [0.1, 0.15) is 30.5 Å². The highest BCUT2D eigenvalue weighted by Gasteiger charge is 2.36. The van der Waals surface area contributed by atoms with Gasteiger partial charge in [0.25, 0.3) is 0 Å². The topological polar surface area (TPSA) is 75.3 Å². The van der Waals surface area contributed by atoms with Gasteiger partial charge in [0, 0.05) is 33.9 Å². The molecular weight excluding hydrogens is 671 g/mol. The van der Waals surface area contributed by atoms with E-state index >= 15 is 0 Å². The zero-order valence-corrected chi connectivity index (χ0v) is 30.3. The Kier molecular flexibility index (Phi) is 7.47. The van der Waals surface area contributed by atoms with E-state index in [4.69, 9.17) is 19.9 Å². The lowest BCUT2D eigenvalue weighted by Gasteiger charge is -2.22. The Labute approximate surface area is 319 Å². The molecular formula is C50H33N5. The van der Waals surface area contributed by atoms with Gasteiger partial charge in [0.15, 0.2) is 17.5 Å². The number of rotatable bonds is 5. The van der Waals surface area contributed by atoms with E-state index in [0.29, 0.717) is 23.0 Å². The van der Waals surface area contributed by atoms with Gasteiger partial charge >= 0.3 is 0 Å². The van der Waals surface area contributed by atoms with Gasteiger partial charge < -0.3 is 0 Å². The van der Waals surface area contributed by atoms with Gasteiger partial charge in [-0.05, 0) is 110 Å². The summed E-state index contributed by atoms with van der Waals surface area (Å²) < 4.78 is 0. The van der Waals surface area contributed by atoms with Gasteiger partial charge in [-0.1, -0.05) is 117 Å². The fourth-order valence-electron chi connectivity index (χ4n) is 8.17. The maximum Gasteiger partial charge on any atom is 0.164 e. The summed E-state index contributed by atoms with van der Waals surface area (Å²) in [5, 5.41) is 14.2. The molecule has 5 nitrogen and oxygen atoms in total. The number of benzene rings is 7. The number of pyridine rings is 1. The molecule has 7 aromatic carbocycles. The highest BCUT2D eigenvalue weighted by molar-refractivity contribution is 6.13. The highest BCUT2D eigenvalue weighted by atomic mass is 15.0. The molecule has 0 fully saturated rings. The fraction of sp³-hybridized carbons (Fsp3) is 0.0600. The SMILES string of the molecule is CC1(C)c2cc(C#N)ccc2-c2ccc(-c3cc(-c4ccccn4)cc(-c4nc(-c5ccccc5)nc(-c5cc6ccccc6c6ccccc56)n4)c3)cc21. The van der Waals surface area contributed by atoms with Crippen molar-refractivity contribution in [3.63, 3.8) is 0 Å². The van der Waals surface area contributed by atoms with E-state index in [9.17, 15) is 5.26 Å². The molecule has 0 atom stereocenters. The van der Waals surface area contributed by atoms with Crippen LogP contribution in [0.4, 0.5) is 0 Å². The molecule has 2 aromatic heterocycles. The molecule has 0 N–H and O–H groups in total. The molecule has 1 aliphatic rings. The summed E-state index contributed by atoms with van der Waals surface area (Å²) in [5.41, 5.74) is 11.9. The van der Waals surface area contributed by atoms with Crippen LogP contribution in [0.25, 0.3) is 89.2 Å². The van der Waals surface area contributed by atoms with Crippen molar-refractivity contribution in [2.75, 3.05) is 0 Å². The van der Waals surface area contributed by atoms with Gasteiger partial charge in [0.2, 0.25) is 0 Å². The molecule has 55 heavy (non-hydrogen) atoms. The van der Waals surface area contributed by atoms with Gasteiger partial charge in [-0.3, -0.25) is 4.98 Å². The van der Waals surface area contributed by atoms with E-state index in [0.717, 1.165) is 55.2 Å². The molecule has 0 radical (unpaired) electrons. The van der Waals surface area contributed by atoms with Gasteiger partial charge in [-0.15, -0.1) is 0 Å². The second-order valence-corrected chi connectivity index (χ2v) is 14.6. The zero-order valence-electron chi connectivity index (χ0n) is 30.3. The second kappa shape index (κ2) is 12.7. The predicted molar refractivity (Wildman–Crippen MR) is 222 cm³/mol. The van der Waals surface area contributed by atoms with Crippen LogP contribution in [0, 0.1) is 11.3 Å². The predicted octanol–water partition coefficient (Wildman–Crippen LogP) is 12.1. The van der Waals surface area contributed by atoms with Crippen LogP contribution in [0.15, 0.2) is 164 Å². The Bertz CT molecular complexity index is 3020. The summed E-state index contributed by atoms with van der Waals surface area (Å²) in [4.78, 5) is 20.4. The summed E-state index contributed by atoms with van der Waals surface area (Å²) in [6.07, 6.45) is 1.83. The standard InChI is InChI=1S/C50H33N5/c1-50(2)44-24-31(30-51)19-21-41(44)42-22-20-33(29-45(42)50)35-25-36(46-18-10-11-23-52-46)27-37(26-35)48-53-47(32-12-4-3-5-13-32)54-49(55-48)43-28-34-14-6-7-15-38(34)39-16-8-9-17-40(39)43/h3-29H,1-2H3. The zero-order chi connectivity index (χ0) is 37.1. The first-order valence-electron chi connectivity index (χ1n) is 18.4. The van der Waals surface area contributed by atoms with Crippen LogP contribution < -0.4 is 0 Å². The first-order valence-corrected chi connectivity index (χ1v) is 18.4. The van der Waals surface area contributed by atoms with E-state index in [1.54, 1.807) is 0 Å². The Hall–Kier alpha value is -7.29. The van der Waals surface area contributed by atoms with E-state index in [2.05, 4.69) is 117 Å². The molecule has 10 rings (SSSR count). The molecule has 0 spiro atoms. The smallest absolute Gasteiger partial charge is 0.164 e. The van der Waals surface area contributed by atoms with Crippen LogP contribution in [0.2, 0.25) is 0 Å². The summed E-state index contributed by atoms with van der Waals surface area (Å²) >= 11 is 0. The molecule has 1 aliphatic carbocycles. The van der Waals surface area contributed by atoms with Crippen LogP contribution in [-0.4, -0.2) is 19.9 Å². The summed E-state index contributed by atoms with van der Waals surface area (Å²) in [6, 6.07) is 56.8. The molecule has 0 amide bonds. The lowest BCUT2D eigenvalue weighted by Crippen LogP contribution is -2.15. The van der Waals surface area contributed by atoms with E-state index < -0.39 is 0 Å². The van der Waals surface area contributed by atoms with Crippen LogP contribution >= 0.6 is 0 Å². The van der Waals surface area contributed by atoms with Crippen molar-refractivity contribution in [1.29, 1.82) is 5.26 Å². The molecule has 258 valence electrons. The molecule has 9 aromatic rings. The molecule has 0 saturated heterocycles. The quantitative estimate of drug-likeness (QED) is 0.167. The number of hydrogen-bond acceptors (Lipinski definition) is 5. The minimum atomic E-state index is -0.273. The fourth-order valence-corrected chi connectivity index (χ4v) is 8.17. The van der Waals surface area contributed by atoms with E-state index in [1.165, 1.54) is 27.6 Å². The molecule has 0 bridgehead atoms. The highest BCUT2D eigenvalue weighted by Crippen LogP contribution is 2.50. The van der Waals surface area contributed by atoms with Crippen molar-refractivity contribution >= 4 is 21.5 Å². The Morgan fingerprint density at radius 2 is 1.09 bits per heavy atom. The first-order chi connectivity index (χ1) is 26.9. The first kappa shape index (κ1) is 32.4. The number of nitriles is 1. The minimum Gasteiger partial charge on any atom is -0.256 e. The Morgan fingerprint density at radius 1 is 0.455 bits per heavy atom. The lowest BCUT2D eigenvalue weighted by atomic mass is 9.81.